The monoisotopic (exact) mass is 145 g/mol. The Bertz CT molecular complexity index is 62.3. The van der Waals surface area contributed by atoms with Gasteiger partial charge in [-0.05, 0) is 18.8 Å². The van der Waals surface area contributed by atoms with Crippen molar-refractivity contribution < 1.29 is 9.84 Å². The second kappa shape index (κ2) is 7.03. The number of hydrogen-bond donors (Lipinski definition) is 0. The van der Waals surface area contributed by atoms with Crippen molar-refractivity contribution in [2.45, 2.75) is 26.7 Å². The quantitative estimate of drug-likeness (QED) is 0.524. The lowest BCUT2D eigenvalue weighted by Crippen LogP contribution is -2.03. The molecule has 0 aliphatic carbocycles. The van der Waals surface area contributed by atoms with E-state index in [1.54, 1.807) is 0 Å². The van der Waals surface area contributed by atoms with E-state index in [1.807, 2.05) is 0 Å². The molecular weight excluding hydrogens is 128 g/mol. The van der Waals surface area contributed by atoms with Crippen LogP contribution in [0.5, 0.6) is 0 Å². The minimum atomic E-state index is 0.0328. The highest BCUT2D eigenvalue weighted by Gasteiger charge is 1.92. The van der Waals surface area contributed by atoms with Gasteiger partial charge in [-0.3, -0.25) is 0 Å². The maximum absolute atomic E-state index is 9.97. The SMILES string of the molecule is CC(C)COCCCC[O]. The van der Waals surface area contributed by atoms with Gasteiger partial charge in [0.25, 0.3) is 0 Å². The molecule has 0 aliphatic rings. The Morgan fingerprint density at radius 1 is 1.30 bits per heavy atom. The molecular formula is C8H17O2. The normalized spacial score (nSPS) is 10.8. The molecule has 0 bridgehead atoms. The number of hydrogen-bond acceptors (Lipinski definition) is 1. The third kappa shape index (κ3) is 7.92. The Morgan fingerprint density at radius 3 is 2.50 bits per heavy atom. The van der Waals surface area contributed by atoms with Gasteiger partial charge in [0.05, 0.1) is 6.61 Å². The van der Waals surface area contributed by atoms with Crippen LogP contribution >= 0.6 is 0 Å². The maximum atomic E-state index is 9.97. The lowest BCUT2D eigenvalue weighted by atomic mass is 10.2. The van der Waals surface area contributed by atoms with Gasteiger partial charge in [0.15, 0.2) is 0 Å². The Kier molecular flexibility index (Phi) is 6.98. The van der Waals surface area contributed by atoms with E-state index < -0.39 is 0 Å². The number of unbranched alkanes of at least 4 members (excludes halogenated alkanes) is 1. The fraction of sp³-hybridized carbons (Fsp3) is 1.00. The summed E-state index contributed by atoms with van der Waals surface area (Å²) in [5.74, 6) is 0.604. The molecule has 0 unspecified atom stereocenters. The minimum absolute atomic E-state index is 0.0328. The van der Waals surface area contributed by atoms with Crippen LogP contribution < -0.4 is 0 Å². The fourth-order valence-corrected chi connectivity index (χ4v) is 0.625. The summed E-state index contributed by atoms with van der Waals surface area (Å²) in [5.41, 5.74) is 0. The second-order valence-corrected chi connectivity index (χ2v) is 2.88. The van der Waals surface area contributed by atoms with E-state index in [0.717, 1.165) is 26.1 Å². The van der Waals surface area contributed by atoms with Crippen LogP contribution in [0.15, 0.2) is 0 Å². The first-order valence-corrected chi connectivity index (χ1v) is 3.93. The predicted molar refractivity (Wildman–Crippen MR) is 40.4 cm³/mol. The van der Waals surface area contributed by atoms with E-state index in [1.165, 1.54) is 0 Å². The highest BCUT2D eigenvalue weighted by molar-refractivity contribution is 4.40. The van der Waals surface area contributed by atoms with E-state index in [0.29, 0.717) is 5.92 Å². The Morgan fingerprint density at radius 2 is 2.00 bits per heavy atom. The van der Waals surface area contributed by atoms with E-state index in [4.69, 9.17) is 4.74 Å². The zero-order chi connectivity index (χ0) is 7.82. The summed E-state index contributed by atoms with van der Waals surface area (Å²) in [6.07, 6.45) is 1.66. The van der Waals surface area contributed by atoms with Gasteiger partial charge in [0.2, 0.25) is 0 Å². The summed E-state index contributed by atoms with van der Waals surface area (Å²) in [6.45, 7) is 5.84. The number of ether oxygens (including phenoxy) is 1. The molecule has 0 aromatic rings. The summed E-state index contributed by atoms with van der Waals surface area (Å²) >= 11 is 0. The lowest BCUT2D eigenvalue weighted by molar-refractivity contribution is 0.0976. The van der Waals surface area contributed by atoms with Crippen LogP contribution in [0.1, 0.15) is 26.7 Å². The molecule has 1 radical (unpaired) electrons. The molecule has 0 N–H and O–H groups in total. The van der Waals surface area contributed by atoms with Crippen molar-refractivity contribution in [2.75, 3.05) is 19.8 Å². The van der Waals surface area contributed by atoms with Crippen molar-refractivity contribution in [1.82, 2.24) is 0 Å². The maximum Gasteiger partial charge on any atom is 0.0823 e. The summed E-state index contributed by atoms with van der Waals surface area (Å²) in [5, 5.41) is 9.97. The molecule has 2 heteroatoms. The molecule has 2 nitrogen and oxygen atoms in total. The smallest absolute Gasteiger partial charge is 0.0823 e. The molecule has 0 atom stereocenters. The van der Waals surface area contributed by atoms with Gasteiger partial charge < -0.3 is 4.74 Å². The Hall–Kier alpha value is -0.0800. The average Bonchev–Trinajstić information content (AvgIpc) is 1.87. The van der Waals surface area contributed by atoms with Crippen molar-refractivity contribution >= 4 is 0 Å². The van der Waals surface area contributed by atoms with E-state index in [2.05, 4.69) is 13.8 Å². The van der Waals surface area contributed by atoms with Crippen molar-refractivity contribution in [3.05, 3.63) is 0 Å². The summed E-state index contributed by atoms with van der Waals surface area (Å²) in [4.78, 5) is 0. The van der Waals surface area contributed by atoms with Gasteiger partial charge >= 0.3 is 0 Å². The average molecular weight is 145 g/mol. The van der Waals surface area contributed by atoms with Crippen LogP contribution in [-0.2, 0) is 9.84 Å². The van der Waals surface area contributed by atoms with Gasteiger partial charge in [-0.2, -0.15) is 0 Å². The molecule has 61 valence electrons. The molecule has 0 amide bonds. The van der Waals surface area contributed by atoms with Gasteiger partial charge in [-0.25, -0.2) is 5.11 Å². The Balaban J connectivity index is 2.77. The molecule has 0 aromatic heterocycles. The van der Waals surface area contributed by atoms with E-state index in [9.17, 15) is 5.11 Å². The lowest BCUT2D eigenvalue weighted by Gasteiger charge is -2.04. The van der Waals surface area contributed by atoms with Crippen LogP contribution in [0.3, 0.4) is 0 Å². The highest BCUT2D eigenvalue weighted by atomic mass is 16.5. The third-order valence-corrected chi connectivity index (χ3v) is 1.13. The van der Waals surface area contributed by atoms with Crippen molar-refractivity contribution in [3.63, 3.8) is 0 Å². The van der Waals surface area contributed by atoms with Crippen LogP contribution in [0.25, 0.3) is 0 Å². The molecule has 0 spiro atoms. The van der Waals surface area contributed by atoms with Gasteiger partial charge in [-0.1, -0.05) is 13.8 Å². The molecule has 0 fully saturated rings. The van der Waals surface area contributed by atoms with Gasteiger partial charge in [0.1, 0.15) is 0 Å². The topological polar surface area (TPSA) is 29.1 Å². The van der Waals surface area contributed by atoms with Crippen LogP contribution in [0.2, 0.25) is 0 Å². The van der Waals surface area contributed by atoms with Gasteiger partial charge in [0, 0.05) is 13.2 Å². The zero-order valence-electron chi connectivity index (χ0n) is 6.93. The highest BCUT2D eigenvalue weighted by Crippen LogP contribution is 1.94. The van der Waals surface area contributed by atoms with Crippen molar-refractivity contribution in [2.24, 2.45) is 5.92 Å². The first-order chi connectivity index (χ1) is 4.77. The van der Waals surface area contributed by atoms with Crippen LogP contribution in [0.4, 0.5) is 0 Å². The van der Waals surface area contributed by atoms with Crippen molar-refractivity contribution in [1.29, 1.82) is 0 Å². The zero-order valence-corrected chi connectivity index (χ0v) is 6.93. The summed E-state index contributed by atoms with van der Waals surface area (Å²) < 4.78 is 5.26. The first kappa shape index (κ1) is 9.92. The summed E-state index contributed by atoms with van der Waals surface area (Å²) in [7, 11) is 0. The molecule has 10 heavy (non-hydrogen) atoms. The third-order valence-electron chi connectivity index (χ3n) is 1.13. The largest absolute Gasteiger partial charge is 0.381 e. The van der Waals surface area contributed by atoms with Crippen LogP contribution in [-0.4, -0.2) is 19.8 Å². The van der Waals surface area contributed by atoms with Crippen molar-refractivity contribution in [3.8, 4) is 0 Å². The second-order valence-electron chi connectivity index (χ2n) is 2.88. The predicted octanol–water partition coefficient (Wildman–Crippen LogP) is 1.87. The molecule has 0 aliphatic heterocycles. The number of rotatable bonds is 6. The molecule has 0 heterocycles. The fourth-order valence-electron chi connectivity index (χ4n) is 0.625. The van der Waals surface area contributed by atoms with E-state index >= 15 is 0 Å². The minimum Gasteiger partial charge on any atom is -0.381 e. The molecule has 0 saturated heterocycles. The standard InChI is InChI=1S/C8H17O2/c1-8(2)7-10-6-4-3-5-9/h8H,3-7H2,1-2H3. The van der Waals surface area contributed by atoms with Gasteiger partial charge in [-0.15, -0.1) is 0 Å². The molecule has 0 rings (SSSR count). The summed E-state index contributed by atoms with van der Waals surface area (Å²) in [6, 6.07) is 0. The van der Waals surface area contributed by atoms with Crippen LogP contribution in [0, 0.1) is 5.92 Å². The first-order valence-electron chi connectivity index (χ1n) is 3.93. The van der Waals surface area contributed by atoms with E-state index in [-0.39, 0.29) is 6.61 Å². The molecule has 0 aromatic carbocycles. The Labute approximate surface area is 63.2 Å². The molecule has 0 saturated carbocycles.